The van der Waals surface area contributed by atoms with Crippen LogP contribution in [0.15, 0.2) is 35.7 Å². The molecular formula is C17H17N5O3S. The number of aryl methyl sites for hydroxylation is 1. The van der Waals surface area contributed by atoms with Crippen LogP contribution in [0, 0.1) is 17.0 Å². The Labute approximate surface area is 153 Å². The standard InChI is InChI=1S/C17H17N5O3S/c1-10(2)21-11(3)7-14(20-21)16(23)19-17-18-15(9-26-17)12-5-4-6-13(8-12)22(24)25/h4-10H,1-3H3,(H,18,19,23). The first-order valence-corrected chi connectivity index (χ1v) is 8.81. The summed E-state index contributed by atoms with van der Waals surface area (Å²) in [5.74, 6) is -0.340. The van der Waals surface area contributed by atoms with E-state index < -0.39 is 4.92 Å². The van der Waals surface area contributed by atoms with Gasteiger partial charge >= 0.3 is 0 Å². The second-order valence-electron chi connectivity index (χ2n) is 6.01. The number of nitro benzene ring substituents is 1. The fraction of sp³-hybridized carbons (Fsp3) is 0.235. The Morgan fingerprint density at radius 3 is 2.77 bits per heavy atom. The first-order chi connectivity index (χ1) is 12.3. The van der Waals surface area contributed by atoms with Crippen molar-refractivity contribution in [3.8, 4) is 11.3 Å². The Morgan fingerprint density at radius 2 is 2.12 bits per heavy atom. The molecule has 2 heterocycles. The van der Waals surface area contributed by atoms with Crippen LogP contribution in [0.25, 0.3) is 11.3 Å². The van der Waals surface area contributed by atoms with Gasteiger partial charge in [-0.3, -0.25) is 24.9 Å². The minimum atomic E-state index is -0.452. The maximum atomic E-state index is 12.4. The molecule has 1 aromatic carbocycles. The van der Waals surface area contributed by atoms with E-state index in [2.05, 4.69) is 15.4 Å². The van der Waals surface area contributed by atoms with Crippen LogP contribution in [-0.4, -0.2) is 25.6 Å². The summed E-state index contributed by atoms with van der Waals surface area (Å²) in [5.41, 5.74) is 2.41. The number of amides is 1. The average molecular weight is 371 g/mol. The molecule has 8 nitrogen and oxygen atoms in total. The lowest BCUT2D eigenvalue weighted by Crippen LogP contribution is -2.13. The summed E-state index contributed by atoms with van der Waals surface area (Å²) in [6.07, 6.45) is 0. The van der Waals surface area contributed by atoms with E-state index in [1.165, 1.54) is 23.5 Å². The average Bonchev–Trinajstić information content (AvgIpc) is 3.21. The first-order valence-electron chi connectivity index (χ1n) is 7.93. The van der Waals surface area contributed by atoms with Gasteiger partial charge in [-0.2, -0.15) is 5.10 Å². The van der Waals surface area contributed by atoms with E-state index in [1.807, 2.05) is 20.8 Å². The van der Waals surface area contributed by atoms with Crippen molar-refractivity contribution in [2.45, 2.75) is 26.8 Å². The van der Waals surface area contributed by atoms with Crippen molar-refractivity contribution in [3.63, 3.8) is 0 Å². The van der Waals surface area contributed by atoms with E-state index in [1.54, 1.807) is 28.3 Å². The normalized spacial score (nSPS) is 10.9. The first kappa shape index (κ1) is 17.7. The van der Waals surface area contributed by atoms with Gasteiger partial charge in [0.15, 0.2) is 10.8 Å². The molecule has 26 heavy (non-hydrogen) atoms. The van der Waals surface area contributed by atoms with E-state index in [0.29, 0.717) is 22.1 Å². The van der Waals surface area contributed by atoms with Crippen LogP contribution in [0.3, 0.4) is 0 Å². The van der Waals surface area contributed by atoms with E-state index in [0.717, 1.165) is 5.69 Å². The zero-order valence-corrected chi connectivity index (χ0v) is 15.3. The number of nitrogens with one attached hydrogen (secondary N) is 1. The van der Waals surface area contributed by atoms with Crippen molar-refractivity contribution in [2.24, 2.45) is 0 Å². The number of carbonyl (C=O) groups excluding carboxylic acids is 1. The van der Waals surface area contributed by atoms with E-state index in [9.17, 15) is 14.9 Å². The van der Waals surface area contributed by atoms with E-state index in [-0.39, 0.29) is 17.6 Å². The van der Waals surface area contributed by atoms with Crippen molar-refractivity contribution >= 4 is 28.1 Å². The van der Waals surface area contributed by atoms with Gasteiger partial charge in [0.1, 0.15) is 0 Å². The number of thiazole rings is 1. The number of hydrogen-bond acceptors (Lipinski definition) is 6. The van der Waals surface area contributed by atoms with Gasteiger partial charge in [0, 0.05) is 34.8 Å². The molecule has 0 saturated heterocycles. The van der Waals surface area contributed by atoms with Gasteiger partial charge in [-0.05, 0) is 26.8 Å². The SMILES string of the molecule is Cc1cc(C(=O)Nc2nc(-c3cccc([N+](=O)[O-])c3)cs2)nn1C(C)C. The number of anilines is 1. The van der Waals surface area contributed by atoms with Gasteiger partial charge in [0.2, 0.25) is 0 Å². The zero-order valence-electron chi connectivity index (χ0n) is 14.5. The van der Waals surface area contributed by atoms with Gasteiger partial charge in [-0.25, -0.2) is 4.98 Å². The number of hydrogen-bond donors (Lipinski definition) is 1. The van der Waals surface area contributed by atoms with Crippen LogP contribution in [0.1, 0.15) is 36.1 Å². The third-order valence-corrected chi connectivity index (χ3v) is 4.48. The Hall–Kier alpha value is -3.07. The lowest BCUT2D eigenvalue weighted by Gasteiger charge is -2.06. The molecule has 1 amide bonds. The lowest BCUT2D eigenvalue weighted by atomic mass is 10.1. The third kappa shape index (κ3) is 3.62. The van der Waals surface area contributed by atoms with Crippen LogP contribution in [0.5, 0.6) is 0 Å². The molecule has 0 bridgehead atoms. The van der Waals surface area contributed by atoms with Crippen LogP contribution in [-0.2, 0) is 0 Å². The van der Waals surface area contributed by atoms with Crippen LogP contribution in [0.4, 0.5) is 10.8 Å². The largest absolute Gasteiger partial charge is 0.296 e. The van der Waals surface area contributed by atoms with Crippen molar-refractivity contribution in [3.05, 3.63) is 57.2 Å². The van der Waals surface area contributed by atoms with Gasteiger partial charge < -0.3 is 0 Å². The molecule has 0 aliphatic carbocycles. The Morgan fingerprint density at radius 1 is 1.35 bits per heavy atom. The monoisotopic (exact) mass is 371 g/mol. The maximum Gasteiger partial charge on any atom is 0.277 e. The molecule has 2 aromatic heterocycles. The highest BCUT2D eigenvalue weighted by atomic mass is 32.1. The summed E-state index contributed by atoms with van der Waals surface area (Å²) in [6.45, 7) is 5.88. The quantitative estimate of drug-likeness (QED) is 0.538. The highest BCUT2D eigenvalue weighted by Gasteiger charge is 2.16. The number of rotatable bonds is 5. The van der Waals surface area contributed by atoms with Crippen molar-refractivity contribution in [2.75, 3.05) is 5.32 Å². The van der Waals surface area contributed by atoms with E-state index in [4.69, 9.17) is 0 Å². The van der Waals surface area contributed by atoms with Gasteiger partial charge in [0.25, 0.3) is 11.6 Å². The summed E-state index contributed by atoms with van der Waals surface area (Å²) < 4.78 is 1.78. The molecular weight excluding hydrogens is 354 g/mol. The third-order valence-electron chi connectivity index (χ3n) is 3.72. The molecule has 3 aromatic rings. The molecule has 0 fully saturated rings. The maximum absolute atomic E-state index is 12.4. The molecule has 1 N–H and O–H groups in total. The van der Waals surface area contributed by atoms with Crippen molar-refractivity contribution in [1.82, 2.24) is 14.8 Å². The second kappa shape index (κ2) is 7.04. The molecule has 0 aliphatic heterocycles. The number of carbonyl (C=O) groups is 1. The predicted molar refractivity (Wildman–Crippen MR) is 99.5 cm³/mol. The molecule has 3 rings (SSSR count). The number of nitrogens with zero attached hydrogens (tertiary/aromatic N) is 4. The molecule has 0 spiro atoms. The Bertz CT molecular complexity index is 976. The summed E-state index contributed by atoms with van der Waals surface area (Å²) in [5, 5.41) is 20.1. The molecule has 0 aliphatic rings. The van der Waals surface area contributed by atoms with Crippen LogP contribution >= 0.6 is 11.3 Å². The predicted octanol–water partition coefficient (Wildman–Crippen LogP) is 4.06. The second-order valence-corrected chi connectivity index (χ2v) is 6.87. The van der Waals surface area contributed by atoms with Gasteiger partial charge in [-0.15, -0.1) is 11.3 Å². The number of non-ortho nitro benzene ring substituents is 1. The molecule has 0 unspecified atom stereocenters. The smallest absolute Gasteiger partial charge is 0.277 e. The highest BCUT2D eigenvalue weighted by molar-refractivity contribution is 7.14. The topological polar surface area (TPSA) is 103 Å². The Balaban J connectivity index is 1.78. The molecule has 134 valence electrons. The van der Waals surface area contributed by atoms with Crippen LogP contribution < -0.4 is 5.32 Å². The number of nitro groups is 1. The van der Waals surface area contributed by atoms with Crippen LogP contribution in [0.2, 0.25) is 0 Å². The summed E-state index contributed by atoms with van der Waals surface area (Å²) in [4.78, 5) is 27.2. The summed E-state index contributed by atoms with van der Waals surface area (Å²) >= 11 is 1.25. The minimum absolute atomic E-state index is 0.00390. The fourth-order valence-corrected chi connectivity index (χ4v) is 3.24. The van der Waals surface area contributed by atoms with E-state index >= 15 is 0 Å². The zero-order chi connectivity index (χ0) is 18.8. The minimum Gasteiger partial charge on any atom is -0.296 e. The molecule has 9 heteroatoms. The van der Waals surface area contributed by atoms with Gasteiger partial charge in [-0.1, -0.05) is 12.1 Å². The van der Waals surface area contributed by atoms with Gasteiger partial charge in [0.05, 0.1) is 10.6 Å². The Kier molecular flexibility index (Phi) is 4.81. The molecule has 0 radical (unpaired) electrons. The van der Waals surface area contributed by atoms with Crippen molar-refractivity contribution in [1.29, 1.82) is 0 Å². The summed E-state index contributed by atoms with van der Waals surface area (Å²) in [6, 6.07) is 8.11. The fourth-order valence-electron chi connectivity index (χ4n) is 2.53. The van der Waals surface area contributed by atoms with Crippen molar-refractivity contribution < 1.29 is 9.72 Å². The summed E-state index contributed by atoms with van der Waals surface area (Å²) in [7, 11) is 0. The molecule has 0 saturated carbocycles. The molecule has 0 atom stereocenters. The highest BCUT2D eigenvalue weighted by Crippen LogP contribution is 2.27. The lowest BCUT2D eigenvalue weighted by molar-refractivity contribution is -0.384. The number of benzene rings is 1. The number of aromatic nitrogens is 3.